The summed E-state index contributed by atoms with van der Waals surface area (Å²) in [5.74, 6) is 0. The SMILES string of the molecule is COc1ncc(CN2CCCN(Cc3ccccn3)CC2)cn1. The number of aromatic nitrogens is 3. The van der Waals surface area contributed by atoms with Gasteiger partial charge in [0.15, 0.2) is 0 Å². The van der Waals surface area contributed by atoms with E-state index in [0.29, 0.717) is 6.01 Å². The van der Waals surface area contributed by atoms with Crippen molar-refractivity contribution in [2.45, 2.75) is 19.5 Å². The maximum atomic E-state index is 5.00. The maximum absolute atomic E-state index is 5.00. The molecule has 0 amide bonds. The Hall–Kier alpha value is -2.05. The molecule has 122 valence electrons. The van der Waals surface area contributed by atoms with E-state index in [1.165, 1.54) is 6.42 Å². The van der Waals surface area contributed by atoms with Gasteiger partial charge in [-0.25, -0.2) is 9.97 Å². The predicted molar refractivity (Wildman–Crippen MR) is 88.0 cm³/mol. The second-order valence-corrected chi connectivity index (χ2v) is 5.80. The Balaban J connectivity index is 1.51. The van der Waals surface area contributed by atoms with Crippen molar-refractivity contribution in [2.75, 3.05) is 33.3 Å². The Morgan fingerprint density at radius 3 is 2.35 bits per heavy atom. The fourth-order valence-electron chi connectivity index (χ4n) is 2.85. The first-order valence-corrected chi connectivity index (χ1v) is 8.03. The molecule has 0 atom stereocenters. The molecule has 1 fully saturated rings. The number of hydrogen-bond acceptors (Lipinski definition) is 6. The van der Waals surface area contributed by atoms with Crippen molar-refractivity contribution in [1.29, 1.82) is 0 Å². The van der Waals surface area contributed by atoms with Gasteiger partial charge in [0.1, 0.15) is 0 Å². The summed E-state index contributed by atoms with van der Waals surface area (Å²) in [6.07, 6.45) is 6.73. The average Bonchev–Trinajstić information content (AvgIpc) is 2.82. The molecular formula is C17H23N5O. The lowest BCUT2D eigenvalue weighted by Gasteiger charge is -2.21. The molecule has 0 spiro atoms. The van der Waals surface area contributed by atoms with E-state index in [1.54, 1.807) is 7.11 Å². The summed E-state index contributed by atoms with van der Waals surface area (Å²) in [5.41, 5.74) is 2.27. The monoisotopic (exact) mass is 313 g/mol. The van der Waals surface area contributed by atoms with E-state index in [4.69, 9.17) is 4.74 Å². The van der Waals surface area contributed by atoms with Crippen LogP contribution in [-0.2, 0) is 13.1 Å². The zero-order valence-electron chi connectivity index (χ0n) is 13.6. The third kappa shape index (κ3) is 4.71. The molecule has 2 aromatic rings. The van der Waals surface area contributed by atoms with E-state index in [2.05, 4.69) is 36.9 Å². The van der Waals surface area contributed by atoms with Gasteiger partial charge in [-0.15, -0.1) is 0 Å². The Labute approximate surface area is 137 Å². The van der Waals surface area contributed by atoms with Crippen molar-refractivity contribution in [3.8, 4) is 6.01 Å². The zero-order chi connectivity index (χ0) is 15.9. The molecule has 0 bridgehead atoms. The highest BCUT2D eigenvalue weighted by atomic mass is 16.5. The molecule has 6 nitrogen and oxygen atoms in total. The molecule has 0 N–H and O–H groups in total. The van der Waals surface area contributed by atoms with Gasteiger partial charge in [-0.2, -0.15) is 0 Å². The van der Waals surface area contributed by atoms with Crippen molar-refractivity contribution < 1.29 is 4.74 Å². The lowest BCUT2D eigenvalue weighted by Crippen LogP contribution is -2.30. The van der Waals surface area contributed by atoms with Crippen molar-refractivity contribution >= 4 is 0 Å². The minimum atomic E-state index is 0.422. The Morgan fingerprint density at radius 2 is 1.70 bits per heavy atom. The Kier molecular flexibility index (Phi) is 5.50. The highest BCUT2D eigenvalue weighted by molar-refractivity contribution is 5.07. The second kappa shape index (κ2) is 7.99. The van der Waals surface area contributed by atoms with Crippen LogP contribution in [-0.4, -0.2) is 58.0 Å². The molecule has 0 aliphatic carbocycles. The molecule has 1 saturated heterocycles. The summed E-state index contributed by atoms with van der Waals surface area (Å²) in [6.45, 7) is 6.16. The van der Waals surface area contributed by atoms with Gasteiger partial charge in [0.2, 0.25) is 0 Å². The number of pyridine rings is 1. The summed E-state index contributed by atoms with van der Waals surface area (Å²) in [6, 6.07) is 6.53. The lowest BCUT2D eigenvalue weighted by atomic mass is 10.3. The summed E-state index contributed by atoms with van der Waals surface area (Å²) < 4.78 is 5.00. The van der Waals surface area contributed by atoms with Crippen LogP contribution in [0.5, 0.6) is 6.01 Å². The van der Waals surface area contributed by atoms with Gasteiger partial charge < -0.3 is 4.74 Å². The normalized spacial score (nSPS) is 16.9. The van der Waals surface area contributed by atoms with Gasteiger partial charge in [0.05, 0.1) is 12.8 Å². The standard InChI is InChI=1S/C17H23N5O/c1-23-17-19-11-15(12-20-17)13-21-7-4-8-22(10-9-21)14-16-5-2-3-6-18-16/h2-3,5-6,11-12H,4,7-10,13-14H2,1H3. The third-order valence-corrected chi connectivity index (χ3v) is 4.06. The molecule has 2 aromatic heterocycles. The van der Waals surface area contributed by atoms with Gasteiger partial charge in [-0.3, -0.25) is 14.8 Å². The molecule has 0 saturated carbocycles. The van der Waals surface area contributed by atoms with Gasteiger partial charge in [0, 0.05) is 50.3 Å². The Morgan fingerprint density at radius 1 is 0.957 bits per heavy atom. The molecule has 0 radical (unpaired) electrons. The quantitative estimate of drug-likeness (QED) is 0.835. The molecule has 23 heavy (non-hydrogen) atoms. The van der Waals surface area contributed by atoms with E-state index in [1.807, 2.05) is 24.7 Å². The first kappa shape index (κ1) is 15.8. The van der Waals surface area contributed by atoms with Gasteiger partial charge in [-0.05, 0) is 31.6 Å². The largest absolute Gasteiger partial charge is 0.467 e. The van der Waals surface area contributed by atoms with E-state index < -0.39 is 0 Å². The van der Waals surface area contributed by atoms with E-state index in [-0.39, 0.29) is 0 Å². The smallest absolute Gasteiger partial charge is 0.316 e. The van der Waals surface area contributed by atoms with Gasteiger partial charge >= 0.3 is 6.01 Å². The van der Waals surface area contributed by atoms with Crippen molar-refractivity contribution in [1.82, 2.24) is 24.8 Å². The second-order valence-electron chi connectivity index (χ2n) is 5.80. The zero-order valence-corrected chi connectivity index (χ0v) is 13.6. The molecule has 0 unspecified atom stereocenters. The summed E-state index contributed by atoms with van der Waals surface area (Å²) in [5, 5.41) is 0. The van der Waals surface area contributed by atoms with Crippen molar-refractivity contribution in [3.05, 3.63) is 48.0 Å². The lowest BCUT2D eigenvalue weighted by molar-refractivity contribution is 0.245. The number of hydrogen-bond donors (Lipinski definition) is 0. The molecule has 0 aromatic carbocycles. The predicted octanol–water partition coefficient (Wildman–Crippen LogP) is 1.59. The van der Waals surface area contributed by atoms with E-state index in [0.717, 1.165) is 50.5 Å². The third-order valence-electron chi connectivity index (χ3n) is 4.06. The van der Waals surface area contributed by atoms with Crippen molar-refractivity contribution in [3.63, 3.8) is 0 Å². The van der Waals surface area contributed by atoms with Crippen LogP contribution >= 0.6 is 0 Å². The van der Waals surface area contributed by atoms with Crippen LogP contribution in [0.25, 0.3) is 0 Å². The maximum Gasteiger partial charge on any atom is 0.316 e. The summed E-state index contributed by atoms with van der Waals surface area (Å²) in [4.78, 5) is 17.7. The number of nitrogens with zero attached hydrogens (tertiary/aromatic N) is 5. The highest BCUT2D eigenvalue weighted by Crippen LogP contribution is 2.11. The van der Waals surface area contributed by atoms with Gasteiger partial charge in [-0.1, -0.05) is 6.07 Å². The Bertz CT molecular complexity index is 590. The van der Waals surface area contributed by atoms with Crippen LogP contribution in [0.1, 0.15) is 17.7 Å². The highest BCUT2D eigenvalue weighted by Gasteiger charge is 2.15. The molecule has 6 heteroatoms. The van der Waals surface area contributed by atoms with E-state index in [9.17, 15) is 0 Å². The minimum Gasteiger partial charge on any atom is -0.467 e. The molecule has 1 aliphatic rings. The van der Waals surface area contributed by atoms with E-state index >= 15 is 0 Å². The number of ether oxygens (including phenoxy) is 1. The van der Waals surface area contributed by atoms with Crippen LogP contribution in [0, 0.1) is 0 Å². The van der Waals surface area contributed by atoms with Crippen molar-refractivity contribution in [2.24, 2.45) is 0 Å². The first-order valence-electron chi connectivity index (χ1n) is 8.03. The molecule has 3 rings (SSSR count). The van der Waals surface area contributed by atoms with Crippen LogP contribution in [0.4, 0.5) is 0 Å². The number of methoxy groups -OCH3 is 1. The first-order chi connectivity index (χ1) is 11.3. The fourth-order valence-corrected chi connectivity index (χ4v) is 2.85. The number of rotatable bonds is 5. The minimum absolute atomic E-state index is 0.422. The van der Waals surface area contributed by atoms with Gasteiger partial charge in [0.25, 0.3) is 0 Å². The van der Waals surface area contributed by atoms with Crippen LogP contribution < -0.4 is 4.74 Å². The molecule has 3 heterocycles. The fraction of sp³-hybridized carbons (Fsp3) is 0.471. The average molecular weight is 313 g/mol. The van der Waals surface area contributed by atoms with Crippen LogP contribution in [0.2, 0.25) is 0 Å². The summed E-state index contributed by atoms with van der Waals surface area (Å²) >= 11 is 0. The molecule has 1 aliphatic heterocycles. The topological polar surface area (TPSA) is 54.4 Å². The van der Waals surface area contributed by atoms with Crippen LogP contribution in [0.15, 0.2) is 36.8 Å². The van der Waals surface area contributed by atoms with Crippen LogP contribution in [0.3, 0.4) is 0 Å². The summed E-state index contributed by atoms with van der Waals surface area (Å²) in [7, 11) is 1.58. The molecular weight excluding hydrogens is 290 g/mol.